The largest absolute Gasteiger partial charge is 0.484 e. The molecule has 0 radical (unpaired) electrons. The van der Waals surface area contributed by atoms with Crippen LogP contribution in [-0.4, -0.2) is 54.0 Å². The minimum atomic E-state index is -0.788. The zero-order valence-electron chi connectivity index (χ0n) is 15.2. The maximum Gasteiger partial charge on any atom is 0.311 e. The Balaban J connectivity index is 1.38. The molecule has 0 aromatic heterocycles. The van der Waals surface area contributed by atoms with Gasteiger partial charge in [0.05, 0.1) is 5.41 Å². The van der Waals surface area contributed by atoms with E-state index in [4.69, 9.17) is 4.74 Å². The molecule has 0 unspecified atom stereocenters. The Morgan fingerprint density at radius 3 is 2.85 bits per heavy atom. The first-order valence-corrected chi connectivity index (χ1v) is 9.54. The normalized spacial score (nSPS) is 27.1. The molecule has 2 atom stereocenters. The summed E-state index contributed by atoms with van der Waals surface area (Å²) < 4.78 is 5.65. The summed E-state index contributed by atoms with van der Waals surface area (Å²) in [5, 5.41) is 9.64. The molecule has 3 aliphatic rings. The van der Waals surface area contributed by atoms with E-state index in [1.165, 1.54) is 0 Å². The second-order valence-corrected chi connectivity index (χ2v) is 7.76. The molecule has 7 heteroatoms. The van der Waals surface area contributed by atoms with E-state index in [0.717, 1.165) is 24.9 Å². The number of hydrogen-bond donors (Lipinski definition) is 1. The fraction of sp³-hybridized carbons (Fsp3) is 0.550. The number of ether oxygens (including phenoxy) is 1. The van der Waals surface area contributed by atoms with Gasteiger partial charge in [-0.25, -0.2) is 0 Å². The monoisotopic (exact) mass is 372 g/mol. The Labute approximate surface area is 157 Å². The molecule has 0 spiro atoms. The first kappa shape index (κ1) is 17.8. The summed E-state index contributed by atoms with van der Waals surface area (Å²) in [7, 11) is 0. The summed E-state index contributed by atoms with van der Waals surface area (Å²) in [5.41, 5.74) is 0.00841. The molecule has 144 valence electrons. The van der Waals surface area contributed by atoms with Crippen LogP contribution in [0.4, 0.5) is 5.69 Å². The van der Waals surface area contributed by atoms with Crippen molar-refractivity contribution in [2.75, 3.05) is 31.1 Å². The zero-order chi connectivity index (χ0) is 19.0. The third kappa shape index (κ3) is 3.15. The molecule has 1 aliphatic carbocycles. The van der Waals surface area contributed by atoms with Crippen molar-refractivity contribution in [1.29, 1.82) is 0 Å². The molecule has 2 saturated heterocycles. The van der Waals surface area contributed by atoms with Crippen molar-refractivity contribution >= 4 is 23.5 Å². The first-order chi connectivity index (χ1) is 13.0. The smallest absolute Gasteiger partial charge is 0.311 e. The highest BCUT2D eigenvalue weighted by atomic mass is 16.5. The van der Waals surface area contributed by atoms with E-state index in [1.54, 1.807) is 28.0 Å². The van der Waals surface area contributed by atoms with Crippen LogP contribution in [0.2, 0.25) is 0 Å². The van der Waals surface area contributed by atoms with Gasteiger partial charge in [-0.3, -0.25) is 14.4 Å². The number of amides is 2. The van der Waals surface area contributed by atoms with Gasteiger partial charge < -0.3 is 19.6 Å². The van der Waals surface area contributed by atoms with Crippen molar-refractivity contribution in [2.24, 2.45) is 11.3 Å². The Morgan fingerprint density at radius 2 is 2.15 bits per heavy atom. The summed E-state index contributed by atoms with van der Waals surface area (Å²) in [6, 6.07) is 7.19. The minimum absolute atomic E-state index is 0.0449. The second kappa shape index (κ2) is 6.87. The molecule has 2 amide bonds. The van der Waals surface area contributed by atoms with Crippen molar-refractivity contribution in [3.05, 3.63) is 24.3 Å². The molecular weight excluding hydrogens is 348 g/mol. The molecule has 4 rings (SSSR count). The molecule has 1 N–H and O–H groups in total. The lowest BCUT2D eigenvalue weighted by Crippen LogP contribution is -2.38. The van der Waals surface area contributed by atoms with Crippen LogP contribution in [-0.2, 0) is 14.4 Å². The van der Waals surface area contributed by atoms with Crippen LogP contribution in [0, 0.1) is 11.3 Å². The molecule has 2 aliphatic heterocycles. The molecule has 27 heavy (non-hydrogen) atoms. The second-order valence-electron chi connectivity index (χ2n) is 7.76. The van der Waals surface area contributed by atoms with Gasteiger partial charge in [-0.1, -0.05) is 12.5 Å². The van der Waals surface area contributed by atoms with E-state index in [2.05, 4.69) is 0 Å². The van der Waals surface area contributed by atoms with Crippen LogP contribution >= 0.6 is 0 Å². The SMILES string of the molecule is O=C(COc1cccc(N2CCCC2=O)c1)N1C[C@@H]2CCC[C@@]2(C(=O)O)C1. The number of anilines is 1. The lowest BCUT2D eigenvalue weighted by molar-refractivity contribution is -0.149. The van der Waals surface area contributed by atoms with Crippen molar-refractivity contribution in [3.63, 3.8) is 0 Å². The topological polar surface area (TPSA) is 87.2 Å². The highest BCUT2D eigenvalue weighted by Crippen LogP contribution is 2.48. The standard InChI is InChI=1S/C20H24N2O5/c23-17-7-3-9-22(17)15-5-1-6-16(10-15)27-12-18(24)21-11-14-4-2-8-20(14,13-21)19(25)26/h1,5-6,10,14H,2-4,7-9,11-13H2,(H,25,26)/t14-,20+/m0/s1. The molecule has 7 nitrogen and oxygen atoms in total. The number of carboxylic acid groups (broad SMARTS) is 1. The van der Waals surface area contributed by atoms with Gasteiger partial charge >= 0.3 is 5.97 Å². The van der Waals surface area contributed by atoms with E-state index >= 15 is 0 Å². The number of carbonyl (C=O) groups is 3. The summed E-state index contributed by atoms with van der Waals surface area (Å²) in [5.74, 6) is -0.293. The fourth-order valence-electron chi connectivity index (χ4n) is 4.73. The summed E-state index contributed by atoms with van der Waals surface area (Å²) in [6.07, 6.45) is 3.83. The zero-order valence-corrected chi connectivity index (χ0v) is 15.2. The molecule has 1 aromatic carbocycles. The number of benzene rings is 1. The maximum atomic E-state index is 12.6. The Hall–Kier alpha value is -2.57. The number of likely N-dealkylation sites (tertiary alicyclic amines) is 1. The van der Waals surface area contributed by atoms with Gasteiger partial charge in [0.2, 0.25) is 5.91 Å². The number of nitrogens with zero attached hydrogens (tertiary/aromatic N) is 2. The van der Waals surface area contributed by atoms with E-state index in [0.29, 0.717) is 31.7 Å². The van der Waals surface area contributed by atoms with Crippen LogP contribution in [0.5, 0.6) is 5.75 Å². The van der Waals surface area contributed by atoms with Crippen LogP contribution < -0.4 is 9.64 Å². The maximum absolute atomic E-state index is 12.6. The molecule has 3 fully saturated rings. The van der Waals surface area contributed by atoms with Crippen LogP contribution in [0.15, 0.2) is 24.3 Å². The number of aliphatic carboxylic acids is 1. The average Bonchev–Trinajstić information content (AvgIpc) is 3.33. The molecule has 2 heterocycles. The fourth-order valence-corrected chi connectivity index (χ4v) is 4.73. The van der Waals surface area contributed by atoms with Gasteiger partial charge in [-0.2, -0.15) is 0 Å². The number of fused-ring (bicyclic) bond motifs is 1. The highest BCUT2D eigenvalue weighted by Gasteiger charge is 2.55. The third-order valence-corrected chi connectivity index (χ3v) is 6.21. The predicted octanol–water partition coefficient (Wildman–Crippen LogP) is 1.91. The molecule has 1 aromatic rings. The van der Waals surface area contributed by atoms with Gasteiger partial charge in [0, 0.05) is 37.8 Å². The first-order valence-electron chi connectivity index (χ1n) is 9.54. The van der Waals surface area contributed by atoms with Gasteiger partial charge in [0.1, 0.15) is 5.75 Å². The van der Waals surface area contributed by atoms with E-state index in [9.17, 15) is 19.5 Å². The van der Waals surface area contributed by atoms with Gasteiger partial charge in [-0.15, -0.1) is 0 Å². The van der Waals surface area contributed by atoms with Gasteiger partial charge in [0.15, 0.2) is 6.61 Å². The molecule has 0 bridgehead atoms. The minimum Gasteiger partial charge on any atom is -0.484 e. The van der Waals surface area contributed by atoms with Crippen LogP contribution in [0.3, 0.4) is 0 Å². The predicted molar refractivity (Wildman–Crippen MR) is 97.5 cm³/mol. The number of carboxylic acids is 1. The van der Waals surface area contributed by atoms with Gasteiger partial charge in [0.25, 0.3) is 5.91 Å². The average molecular weight is 372 g/mol. The number of carbonyl (C=O) groups excluding carboxylic acids is 2. The Morgan fingerprint density at radius 1 is 1.30 bits per heavy atom. The summed E-state index contributed by atoms with van der Waals surface area (Å²) in [4.78, 5) is 39.5. The molecular formula is C20H24N2O5. The number of rotatable bonds is 5. The van der Waals surface area contributed by atoms with E-state index in [-0.39, 0.29) is 30.9 Å². The van der Waals surface area contributed by atoms with Crippen LogP contribution in [0.25, 0.3) is 0 Å². The van der Waals surface area contributed by atoms with Crippen molar-refractivity contribution in [1.82, 2.24) is 4.90 Å². The quantitative estimate of drug-likeness (QED) is 0.853. The van der Waals surface area contributed by atoms with E-state index in [1.807, 2.05) is 6.07 Å². The molecule has 1 saturated carbocycles. The Kier molecular flexibility index (Phi) is 4.53. The lowest BCUT2D eigenvalue weighted by atomic mass is 9.81. The van der Waals surface area contributed by atoms with E-state index < -0.39 is 11.4 Å². The summed E-state index contributed by atoms with van der Waals surface area (Å²) in [6.45, 7) is 1.35. The number of hydrogen-bond acceptors (Lipinski definition) is 4. The summed E-state index contributed by atoms with van der Waals surface area (Å²) >= 11 is 0. The lowest BCUT2D eigenvalue weighted by Gasteiger charge is -2.23. The van der Waals surface area contributed by atoms with Crippen molar-refractivity contribution in [3.8, 4) is 5.75 Å². The highest BCUT2D eigenvalue weighted by molar-refractivity contribution is 5.95. The third-order valence-electron chi connectivity index (χ3n) is 6.21. The van der Waals surface area contributed by atoms with Crippen molar-refractivity contribution in [2.45, 2.75) is 32.1 Å². The van der Waals surface area contributed by atoms with Crippen LogP contribution in [0.1, 0.15) is 32.1 Å². The van der Waals surface area contributed by atoms with Gasteiger partial charge in [-0.05, 0) is 37.3 Å². The van der Waals surface area contributed by atoms with Crippen molar-refractivity contribution < 1.29 is 24.2 Å². The Bertz CT molecular complexity index is 779.